The van der Waals surface area contributed by atoms with Crippen LogP contribution >= 0.6 is 24.8 Å². The van der Waals surface area contributed by atoms with Crippen LogP contribution in [0.2, 0.25) is 0 Å². The Morgan fingerprint density at radius 2 is 1.59 bits per heavy atom. The summed E-state index contributed by atoms with van der Waals surface area (Å²) in [5.41, 5.74) is 6.54. The first-order valence-electron chi connectivity index (χ1n) is 9.87. The summed E-state index contributed by atoms with van der Waals surface area (Å²) in [5.74, 6) is 0.870. The van der Waals surface area contributed by atoms with E-state index in [0.29, 0.717) is 57.2 Å². The van der Waals surface area contributed by atoms with E-state index < -0.39 is 0 Å². The number of carbonyl (C=O) groups is 2. The molecule has 0 fully saturated rings. The Bertz CT molecular complexity index is 1150. The Labute approximate surface area is 209 Å². The molecule has 0 aliphatic rings. The third-order valence-electron chi connectivity index (χ3n) is 4.83. The lowest BCUT2D eigenvalue weighted by Gasteiger charge is -2.16. The molecule has 1 amide bonds. The Morgan fingerprint density at radius 1 is 0.941 bits per heavy atom. The topological polar surface area (TPSA) is 122 Å². The number of fused-ring (bicyclic) bond motifs is 1. The SMILES string of the molecule is CCOc1ccc2c(C(=O)c3cc(OC)c(OC)c(OC)c3)cncc2c1NC(=O)CN.Cl.Cl. The van der Waals surface area contributed by atoms with Crippen LogP contribution in [-0.4, -0.2) is 51.2 Å². The number of amides is 1. The van der Waals surface area contributed by atoms with Crippen LogP contribution in [0.3, 0.4) is 0 Å². The standard InChI is InChI=1S/C23H25N3O6.2ClH/c1-5-32-17-7-6-14-15(21(17)26-20(27)10-24)11-25-12-16(14)22(28)13-8-18(29-2)23(31-4)19(9-13)30-3;;/h6-9,11-12H,5,10,24H2,1-4H3,(H,26,27);2*1H. The number of halogens is 2. The van der Waals surface area contributed by atoms with E-state index in [1.807, 2.05) is 6.92 Å². The molecule has 0 bridgehead atoms. The molecule has 1 heterocycles. The van der Waals surface area contributed by atoms with Crippen molar-refractivity contribution in [1.29, 1.82) is 0 Å². The summed E-state index contributed by atoms with van der Waals surface area (Å²) in [4.78, 5) is 29.7. The van der Waals surface area contributed by atoms with E-state index in [4.69, 9.17) is 24.7 Å². The van der Waals surface area contributed by atoms with Crippen LogP contribution in [0.4, 0.5) is 5.69 Å². The number of methoxy groups -OCH3 is 3. The summed E-state index contributed by atoms with van der Waals surface area (Å²) in [6, 6.07) is 6.61. The summed E-state index contributed by atoms with van der Waals surface area (Å²) in [5, 5.41) is 3.89. The average Bonchev–Trinajstić information content (AvgIpc) is 2.83. The van der Waals surface area contributed by atoms with Crippen LogP contribution < -0.4 is 30.0 Å². The molecule has 34 heavy (non-hydrogen) atoms. The van der Waals surface area contributed by atoms with Crippen molar-refractivity contribution in [3.63, 3.8) is 0 Å². The van der Waals surface area contributed by atoms with Crippen molar-refractivity contribution in [2.45, 2.75) is 6.92 Å². The molecule has 0 atom stereocenters. The minimum atomic E-state index is -0.389. The number of aromatic nitrogens is 1. The molecule has 184 valence electrons. The van der Waals surface area contributed by atoms with Gasteiger partial charge in [0, 0.05) is 28.9 Å². The van der Waals surface area contributed by atoms with Crippen molar-refractivity contribution in [1.82, 2.24) is 4.98 Å². The van der Waals surface area contributed by atoms with E-state index in [9.17, 15) is 9.59 Å². The molecule has 0 aliphatic carbocycles. The number of nitrogens with zero attached hydrogens (tertiary/aromatic N) is 1. The van der Waals surface area contributed by atoms with Crippen molar-refractivity contribution < 1.29 is 28.5 Å². The fraction of sp³-hybridized carbons (Fsp3) is 0.261. The van der Waals surface area contributed by atoms with Crippen LogP contribution in [0.15, 0.2) is 36.7 Å². The Kier molecular flexibility index (Phi) is 10.9. The van der Waals surface area contributed by atoms with Gasteiger partial charge in [-0.05, 0) is 36.6 Å². The minimum absolute atomic E-state index is 0. The Balaban J connectivity index is 0.00000289. The number of hydrogen-bond donors (Lipinski definition) is 2. The molecule has 1 aromatic heterocycles. The molecule has 2 aromatic carbocycles. The summed E-state index contributed by atoms with van der Waals surface area (Å²) in [6.45, 7) is 2.04. The number of nitrogens with one attached hydrogen (secondary N) is 1. The van der Waals surface area contributed by atoms with Gasteiger partial charge in [-0.3, -0.25) is 14.6 Å². The number of nitrogens with two attached hydrogens (primary N) is 1. The number of hydrogen-bond acceptors (Lipinski definition) is 8. The molecular formula is C23H27Cl2N3O6. The molecule has 11 heteroatoms. The van der Waals surface area contributed by atoms with Crippen LogP contribution in [0.25, 0.3) is 10.8 Å². The highest BCUT2D eigenvalue weighted by Gasteiger charge is 2.21. The molecule has 0 spiro atoms. The fourth-order valence-corrected chi connectivity index (χ4v) is 3.37. The van der Waals surface area contributed by atoms with Crippen molar-refractivity contribution in [3.8, 4) is 23.0 Å². The van der Waals surface area contributed by atoms with Crippen molar-refractivity contribution >= 4 is 53.0 Å². The summed E-state index contributed by atoms with van der Waals surface area (Å²) < 4.78 is 21.7. The second-order valence-corrected chi connectivity index (χ2v) is 6.65. The number of benzene rings is 2. The van der Waals surface area contributed by atoms with Crippen LogP contribution in [0.5, 0.6) is 23.0 Å². The highest BCUT2D eigenvalue weighted by Crippen LogP contribution is 2.40. The molecule has 0 unspecified atom stereocenters. The normalized spacial score (nSPS) is 9.91. The smallest absolute Gasteiger partial charge is 0.238 e. The third kappa shape index (κ3) is 5.61. The lowest BCUT2D eigenvalue weighted by molar-refractivity contribution is -0.114. The Morgan fingerprint density at radius 3 is 2.12 bits per heavy atom. The average molecular weight is 512 g/mol. The highest BCUT2D eigenvalue weighted by atomic mass is 35.5. The second kappa shape index (κ2) is 12.8. The van der Waals surface area contributed by atoms with Crippen molar-refractivity contribution in [3.05, 3.63) is 47.8 Å². The van der Waals surface area contributed by atoms with Gasteiger partial charge in [-0.1, -0.05) is 0 Å². The van der Waals surface area contributed by atoms with Crippen LogP contribution in [-0.2, 0) is 4.79 Å². The van der Waals surface area contributed by atoms with Crippen LogP contribution in [0, 0.1) is 0 Å². The summed E-state index contributed by atoms with van der Waals surface area (Å²) in [7, 11) is 4.45. The van der Waals surface area contributed by atoms with Gasteiger partial charge in [0.25, 0.3) is 0 Å². The van der Waals surface area contributed by atoms with Gasteiger partial charge in [0.1, 0.15) is 5.75 Å². The van der Waals surface area contributed by atoms with E-state index in [1.165, 1.54) is 27.5 Å². The van der Waals surface area contributed by atoms with E-state index in [0.717, 1.165) is 0 Å². The minimum Gasteiger partial charge on any atom is -0.493 e. The van der Waals surface area contributed by atoms with Gasteiger partial charge in [-0.15, -0.1) is 24.8 Å². The first kappa shape index (κ1) is 28.8. The van der Waals surface area contributed by atoms with E-state index in [1.54, 1.807) is 30.5 Å². The maximum Gasteiger partial charge on any atom is 0.238 e. The lowest BCUT2D eigenvalue weighted by Crippen LogP contribution is -2.22. The monoisotopic (exact) mass is 511 g/mol. The van der Waals surface area contributed by atoms with E-state index >= 15 is 0 Å². The van der Waals surface area contributed by atoms with Gasteiger partial charge < -0.3 is 30.0 Å². The molecule has 0 saturated carbocycles. The maximum absolute atomic E-state index is 13.5. The number of rotatable bonds is 9. The fourth-order valence-electron chi connectivity index (χ4n) is 3.37. The van der Waals surface area contributed by atoms with Crippen molar-refractivity contribution in [2.75, 3.05) is 39.8 Å². The molecule has 9 nitrogen and oxygen atoms in total. The van der Waals surface area contributed by atoms with Gasteiger partial charge >= 0.3 is 0 Å². The number of carbonyl (C=O) groups excluding carboxylic acids is 2. The van der Waals surface area contributed by atoms with Gasteiger partial charge in [-0.25, -0.2) is 0 Å². The number of ketones is 1. The van der Waals surface area contributed by atoms with E-state index in [2.05, 4.69) is 10.3 Å². The molecule has 0 aliphatic heterocycles. The van der Waals surface area contributed by atoms with E-state index in [-0.39, 0.29) is 43.0 Å². The van der Waals surface area contributed by atoms with Gasteiger partial charge in [0.15, 0.2) is 17.3 Å². The number of ether oxygens (including phenoxy) is 4. The van der Waals surface area contributed by atoms with Gasteiger partial charge in [-0.2, -0.15) is 0 Å². The largest absolute Gasteiger partial charge is 0.493 e. The van der Waals surface area contributed by atoms with Gasteiger partial charge in [0.05, 0.1) is 40.2 Å². The second-order valence-electron chi connectivity index (χ2n) is 6.65. The summed E-state index contributed by atoms with van der Waals surface area (Å²) >= 11 is 0. The number of anilines is 1. The predicted molar refractivity (Wildman–Crippen MR) is 135 cm³/mol. The zero-order valence-electron chi connectivity index (χ0n) is 19.2. The van der Waals surface area contributed by atoms with Crippen LogP contribution in [0.1, 0.15) is 22.8 Å². The van der Waals surface area contributed by atoms with Crippen molar-refractivity contribution in [2.24, 2.45) is 5.73 Å². The molecule has 3 aromatic rings. The third-order valence-corrected chi connectivity index (χ3v) is 4.83. The summed E-state index contributed by atoms with van der Waals surface area (Å²) in [6.07, 6.45) is 3.04. The predicted octanol–water partition coefficient (Wildman–Crippen LogP) is 3.63. The molecule has 0 saturated heterocycles. The molecule has 3 rings (SSSR count). The number of pyridine rings is 1. The molecular weight excluding hydrogens is 485 g/mol. The van der Waals surface area contributed by atoms with Gasteiger partial charge in [0.2, 0.25) is 11.7 Å². The first-order valence-corrected chi connectivity index (χ1v) is 9.87. The zero-order chi connectivity index (χ0) is 23.3. The highest BCUT2D eigenvalue weighted by molar-refractivity contribution is 6.19. The quantitative estimate of drug-likeness (QED) is 0.417. The molecule has 3 N–H and O–H groups in total. The first-order chi connectivity index (χ1) is 15.5. The molecule has 0 radical (unpaired) electrons. The lowest BCUT2D eigenvalue weighted by atomic mass is 9.98. The zero-order valence-corrected chi connectivity index (χ0v) is 20.8. The maximum atomic E-state index is 13.5. The Hall–Kier alpha value is -3.27.